The standard InChI is InChI=1S/C14H16BrClFNO/c1-13(2)11(14(13,3)4)12(19)18-10-8(15)5-7(17)6-9(10)16/h5-6,11H,1-4H3,(H,18,19). The topological polar surface area (TPSA) is 29.1 Å². The van der Waals surface area contributed by atoms with E-state index in [0.29, 0.717) is 10.2 Å². The second-order valence-electron chi connectivity index (χ2n) is 6.11. The molecule has 1 aromatic rings. The summed E-state index contributed by atoms with van der Waals surface area (Å²) < 4.78 is 13.6. The fourth-order valence-electron chi connectivity index (χ4n) is 2.71. The van der Waals surface area contributed by atoms with Gasteiger partial charge in [0.2, 0.25) is 5.91 Å². The zero-order valence-electron chi connectivity index (χ0n) is 11.3. The summed E-state index contributed by atoms with van der Waals surface area (Å²) in [7, 11) is 0. The molecule has 2 rings (SSSR count). The number of amides is 1. The number of carbonyl (C=O) groups is 1. The third kappa shape index (κ3) is 2.29. The fourth-order valence-corrected chi connectivity index (χ4v) is 3.61. The Bertz CT molecular complexity index is 519. The summed E-state index contributed by atoms with van der Waals surface area (Å²) in [5, 5.41) is 2.99. The molecule has 0 spiro atoms. The van der Waals surface area contributed by atoms with Crippen LogP contribution >= 0.6 is 27.5 Å². The molecule has 1 fully saturated rings. The Hall–Kier alpha value is -0.610. The van der Waals surface area contributed by atoms with Gasteiger partial charge in [-0.3, -0.25) is 4.79 Å². The van der Waals surface area contributed by atoms with E-state index in [-0.39, 0.29) is 27.7 Å². The summed E-state index contributed by atoms with van der Waals surface area (Å²) in [5.74, 6) is -0.598. The molecule has 1 aliphatic rings. The summed E-state index contributed by atoms with van der Waals surface area (Å²) in [6.45, 7) is 8.27. The van der Waals surface area contributed by atoms with Crippen molar-refractivity contribution in [3.05, 3.63) is 27.4 Å². The summed E-state index contributed by atoms with van der Waals surface area (Å²) >= 11 is 9.18. The van der Waals surface area contributed by atoms with Crippen molar-refractivity contribution < 1.29 is 9.18 Å². The smallest absolute Gasteiger partial charge is 0.228 e. The minimum absolute atomic E-state index is 0.0456. The van der Waals surface area contributed by atoms with Crippen LogP contribution in [0, 0.1) is 22.6 Å². The number of anilines is 1. The van der Waals surface area contributed by atoms with Gasteiger partial charge in [0.25, 0.3) is 0 Å². The van der Waals surface area contributed by atoms with Crippen LogP contribution in [0.25, 0.3) is 0 Å². The van der Waals surface area contributed by atoms with Gasteiger partial charge in [-0.15, -0.1) is 0 Å². The summed E-state index contributed by atoms with van der Waals surface area (Å²) in [6, 6.07) is 2.47. The Morgan fingerprint density at radius 2 is 1.84 bits per heavy atom. The first-order chi connectivity index (χ1) is 8.59. The predicted octanol–water partition coefficient (Wildman–Crippen LogP) is 4.86. The molecule has 1 aromatic carbocycles. The predicted molar refractivity (Wildman–Crippen MR) is 78.8 cm³/mol. The number of hydrogen-bond donors (Lipinski definition) is 1. The Labute approximate surface area is 125 Å². The van der Waals surface area contributed by atoms with Crippen LogP contribution in [-0.4, -0.2) is 5.91 Å². The first kappa shape index (κ1) is 14.8. The quantitative estimate of drug-likeness (QED) is 0.812. The Balaban J connectivity index is 2.23. The SMILES string of the molecule is CC1(C)C(C(=O)Nc2c(Cl)cc(F)cc2Br)C1(C)C. The van der Waals surface area contributed by atoms with Crippen LogP contribution in [0.1, 0.15) is 27.7 Å². The van der Waals surface area contributed by atoms with Gasteiger partial charge in [0, 0.05) is 10.4 Å². The maximum absolute atomic E-state index is 13.1. The van der Waals surface area contributed by atoms with Crippen molar-refractivity contribution >= 4 is 39.1 Å². The monoisotopic (exact) mass is 347 g/mol. The van der Waals surface area contributed by atoms with E-state index >= 15 is 0 Å². The lowest BCUT2D eigenvalue weighted by atomic mass is 10.0. The zero-order valence-corrected chi connectivity index (χ0v) is 13.6. The van der Waals surface area contributed by atoms with Crippen molar-refractivity contribution in [1.82, 2.24) is 0 Å². The molecule has 0 aromatic heterocycles. The first-order valence-electron chi connectivity index (χ1n) is 6.04. The molecule has 0 aliphatic heterocycles. The van der Waals surface area contributed by atoms with E-state index in [1.165, 1.54) is 12.1 Å². The largest absolute Gasteiger partial charge is 0.324 e. The number of carbonyl (C=O) groups excluding carboxylic acids is 1. The minimum atomic E-state index is -0.443. The summed E-state index contributed by atoms with van der Waals surface area (Å²) in [4.78, 5) is 12.3. The molecule has 0 heterocycles. The van der Waals surface area contributed by atoms with Crippen LogP contribution in [0.15, 0.2) is 16.6 Å². The number of nitrogens with one attached hydrogen (secondary N) is 1. The number of rotatable bonds is 2. The van der Waals surface area contributed by atoms with Crippen molar-refractivity contribution in [2.75, 3.05) is 5.32 Å². The summed E-state index contributed by atoms with van der Waals surface area (Å²) in [6.07, 6.45) is 0. The van der Waals surface area contributed by atoms with Crippen molar-refractivity contribution in [2.45, 2.75) is 27.7 Å². The van der Waals surface area contributed by atoms with Crippen molar-refractivity contribution in [1.29, 1.82) is 0 Å². The van der Waals surface area contributed by atoms with Gasteiger partial charge < -0.3 is 5.32 Å². The molecule has 0 atom stereocenters. The van der Waals surface area contributed by atoms with Gasteiger partial charge in [-0.1, -0.05) is 39.3 Å². The molecular weight excluding hydrogens is 333 g/mol. The lowest BCUT2D eigenvalue weighted by molar-refractivity contribution is -0.118. The van der Waals surface area contributed by atoms with Gasteiger partial charge in [0.1, 0.15) is 5.82 Å². The molecule has 1 N–H and O–H groups in total. The second kappa shape index (κ2) is 4.45. The van der Waals surface area contributed by atoms with E-state index in [0.717, 1.165) is 0 Å². The highest BCUT2D eigenvalue weighted by Crippen LogP contribution is 2.68. The van der Waals surface area contributed by atoms with E-state index in [2.05, 4.69) is 48.9 Å². The molecule has 1 saturated carbocycles. The highest BCUT2D eigenvalue weighted by atomic mass is 79.9. The maximum Gasteiger partial charge on any atom is 0.228 e. The number of benzene rings is 1. The minimum Gasteiger partial charge on any atom is -0.324 e. The molecule has 0 radical (unpaired) electrons. The molecule has 1 aliphatic carbocycles. The van der Waals surface area contributed by atoms with Gasteiger partial charge >= 0.3 is 0 Å². The molecule has 0 saturated heterocycles. The molecule has 5 heteroatoms. The average Bonchev–Trinajstić information content (AvgIpc) is 2.63. The van der Waals surface area contributed by atoms with E-state index in [9.17, 15) is 9.18 Å². The van der Waals surface area contributed by atoms with Crippen molar-refractivity contribution in [3.8, 4) is 0 Å². The second-order valence-corrected chi connectivity index (χ2v) is 7.37. The number of halogens is 3. The molecule has 2 nitrogen and oxygen atoms in total. The van der Waals surface area contributed by atoms with E-state index in [1.54, 1.807) is 0 Å². The zero-order chi connectivity index (χ0) is 14.6. The Morgan fingerprint density at radius 3 is 2.26 bits per heavy atom. The third-order valence-electron chi connectivity index (χ3n) is 4.54. The van der Waals surface area contributed by atoms with Crippen LogP contribution in [0.2, 0.25) is 5.02 Å². The normalized spacial score (nSPS) is 20.2. The van der Waals surface area contributed by atoms with Crippen LogP contribution in [0.5, 0.6) is 0 Å². The van der Waals surface area contributed by atoms with E-state index in [4.69, 9.17) is 11.6 Å². The van der Waals surface area contributed by atoms with Gasteiger partial charge in [-0.2, -0.15) is 0 Å². The molecule has 0 bridgehead atoms. The van der Waals surface area contributed by atoms with Crippen LogP contribution in [0.4, 0.5) is 10.1 Å². The molecular formula is C14H16BrClFNO. The van der Waals surface area contributed by atoms with Gasteiger partial charge in [-0.25, -0.2) is 4.39 Å². The summed E-state index contributed by atoms with van der Waals surface area (Å²) in [5.41, 5.74) is 0.332. The van der Waals surface area contributed by atoms with Crippen LogP contribution in [0.3, 0.4) is 0 Å². The highest BCUT2D eigenvalue weighted by molar-refractivity contribution is 9.10. The molecule has 0 unspecified atom stereocenters. The van der Waals surface area contributed by atoms with Gasteiger partial charge in [0.15, 0.2) is 0 Å². The van der Waals surface area contributed by atoms with Gasteiger partial charge in [-0.05, 0) is 38.9 Å². The van der Waals surface area contributed by atoms with E-state index in [1.807, 2.05) is 0 Å². The lowest BCUT2D eigenvalue weighted by Crippen LogP contribution is -2.18. The van der Waals surface area contributed by atoms with Crippen molar-refractivity contribution in [2.24, 2.45) is 16.7 Å². The van der Waals surface area contributed by atoms with Crippen LogP contribution < -0.4 is 5.32 Å². The van der Waals surface area contributed by atoms with Crippen molar-refractivity contribution in [3.63, 3.8) is 0 Å². The van der Waals surface area contributed by atoms with Crippen LogP contribution in [-0.2, 0) is 4.79 Å². The van der Waals surface area contributed by atoms with Gasteiger partial charge in [0.05, 0.1) is 10.7 Å². The van der Waals surface area contributed by atoms with E-state index < -0.39 is 5.82 Å². The Morgan fingerprint density at radius 1 is 1.32 bits per heavy atom. The maximum atomic E-state index is 13.1. The Kier molecular flexibility index (Phi) is 3.47. The number of hydrogen-bond acceptors (Lipinski definition) is 1. The highest BCUT2D eigenvalue weighted by Gasteiger charge is 2.68. The third-order valence-corrected chi connectivity index (χ3v) is 5.46. The molecule has 104 valence electrons. The first-order valence-corrected chi connectivity index (χ1v) is 7.21. The fraction of sp³-hybridized carbons (Fsp3) is 0.500. The molecule has 19 heavy (non-hydrogen) atoms. The average molecular weight is 349 g/mol. The lowest BCUT2D eigenvalue weighted by Gasteiger charge is -2.10. The molecule has 1 amide bonds.